The van der Waals surface area contributed by atoms with E-state index in [9.17, 15) is 19.5 Å². The normalized spacial score (nSPS) is 17.1. The maximum Gasteiger partial charge on any atom is 0.301 e. The van der Waals surface area contributed by atoms with E-state index in [1.165, 1.54) is 21.1 Å². The fourth-order valence-electron chi connectivity index (χ4n) is 4.03. The first-order valence-electron chi connectivity index (χ1n) is 12.0. The molecule has 1 saturated heterocycles. The summed E-state index contributed by atoms with van der Waals surface area (Å²) < 4.78 is 5.50. The predicted molar refractivity (Wildman–Crippen MR) is 145 cm³/mol. The van der Waals surface area contributed by atoms with Gasteiger partial charge in [-0.15, -0.1) is 10.2 Å². The molecule has 1 unspecified atom stereocenters. The number of aryl methyl sites for hydroxylation is 1. The largest absolute Gasteiger partial charge is 0.507 e. The second-order valence-electron chi connectivity index (χ2n) is 10.2. The molecule has 0 radical (unpaired) electrons. The molecular formula is C28H30N4O5S. The van der Waals surface area contributed by atoms with Crippen LogP contribution in [0.1, 0.15) is 48.5 Å². The molecule has 1 aliphatic heterocycles. The molecule has 2 heterocycles. The molecule has 10 heteroatoms. The van der Waals surface area contributed by atoms with E-state index in [4.69, 9.17) is 4.74 Å². The molecule has 1 fully saturated rings. The van der Waals surface area contributed by atoms with Gasteiger partial charge in [0, 0.05) is 19.7 Å². The van der Waals surface area contributed by atoms with Crippen LogP contribution in [0.5, 0.6) is 5.75 Å². The lowest BCUT2D eigenvalue weighted by Gasteiger charge is -2.24. The van der Waals surface area contributed by atoms with Crippen molar-refractivity contribution in [1.82, 2.24) is 15.1 Å². The SMILES string of the molecule is Cc1nnc(N2C(=O)C(=O)C(=C(O)c3ccc(OCC(=O)N(C)C)cc3)C2c2ccc(C(C)(C)C)cc2)s1. The van der Waals surface area contributed by atoms with E-state index in [0.717, 1.165) is 5.56 Å². The number of aliphatic hydroxyl groups excluding tert-OH is 1. The van der Waals surface area contributed by atoms with Crippen LogP contribution in [0.25, 0.3) is 5.76 Å². The van der Waals surface area contributed by atoms with Crippen LogP contribution in [0.2, 0.25) is 0 Å². The molecule has 0 saturated carbocycles. The van der Waals surface area contributed by atoms with Crippen molar-refractivity contribution >= 4 is 39.8 Å². The Kier molecular flexibility index (Phi) is 7.37. The lowest BCUT2D eigenvalue weighted by Crippen LogP contribution is -2.29. The fourth-order valence-corrected chi connectivity index (χ4v) is 4.75. The van der Waals surface area contributed by atoms with Crippen LogP contribution in [0.4, 0.5) is 5.13 Å². The first-order chi connectivity index (χ1) is 17.9. The van der Waals surface area contributed by atoms with E-state index < -0.39 is 17.7 Å². The Morgan fingerprint density at radius 3 is 2.21 bits per heavy atom. The Balaban J connectivity index is 1.76. The number of rotatable bonds is 6. The Bertz CT molecular complexity index is 1400. The van der Waals surface area contributed by atoms with Crippen molar-refractivity contribution < 1.29 is 24.2 Å². The van der Waals surface area contributed by atoms with Crippen LogP contribution in [-0.4, -0.2) is 58.5 Å². The van der Waals surface area contributed by atoms with Crippen molar-refractivity contribution in [2.45, 2.75) is 39.2 Å². The number of aliphatic hydroxyl groups is 1. The van der Waals surface area contributed by atoms with Crippen LogP contribution in [0.15, 0.2) is 54.1 Å². The summed E-state index contributed by atoms with van der Waals surface area (Å²) in [5.41, 5.74) is 1.96. The number of hydrogen-bond donors (Lipinski definition) is 1. The quantitative estimate of drug-likeness (QED) is 0.286. The molecule has 3 aromatic rings. The van der Waals surface area contributed by atoms with Crippen LogP contribution >= 0.6 is 11.3 Å². The molecule has 0 aliphatic carbocycles. The van der Waals surface area contributed by atoms with Gasteiger partial charge in [0.25, 0.3) is 11.7 Å². The van der Waals surface area contributed by atoms with Crippen molar-refractivity contribution in [2.75, 3.05) is 25.6 Å². The van der Waals surface area contributed by atoms with E-state index in [2.05, 4.69) is 31.0 Å². The fraction of sp³-hybridized carbons (Fsp3) is 0.321. The molecule has 0 bridgehead atoms. The number of hydrogen-bond acceptors (Lipinski definition) is 8. The minimum Gasteiger partial charge on any atom is -0.507 e. The number of likely N-dealkylation sites (N-methyl/N-ethyl adjacent to an activating group) is 1. The van der Waals surface area contributed by atoms with Gasteiger partial charge in [0.15, 0.2) is 6.61 Å². The highest BCUT2D eigenvalue weighted by Crippen LogP contribution is 2.43. The lowest BCUT2D eigenvalue weighted by atomic mass is 9.85. The van der Waals surface area contributed by atoms with Crippen LogP contribution in [0.3, 0.4) is 0 Å². The van der Waals surface area contributed by atoms with Gasteiger partial charge in [-0.3, -0.25) is 19.3 Å². The Morgan fingerprint density at radius 1 is 1.05 bits per heavy atom. The smallest absolute Gasteiger partial charge is 0.301 e. The highest BCUT2D eigenvalue weighted by molar-refractivity contribution is 7.15. The second kappa shape index (κ2) is 10.4. The molecule has 2 amide bonds. The van der Waals surface area contributed by atoms with Crippen LogP contribution in [0, 0.1) is 6.92 Å². The number of ether oxygens (including phenoxy) is 1. The molecule has 0 spiro atoms. The number of benzene rings is 2. The van der Waals surface area contributed by atoms with Crippen molar-refractivity contribution in [1.29, 1.82) is 0 Å². The van der Waals surface area contributed by atoms with E-state index >= 15 is 0 Å². The Morgan fingerprint density at radius 2 is 1.68 bits per heavy atom. The van der Waals surface area contributed by atoms with E-state index in [-0.39, 0.29) is 34.4 Å². The third kappa shape index (κ3) is 5.31. The van der Waals surface area contributed by atoms with Gasteiger partial charge in [0.05, 0.1) is 11.6 Å². The molecule has 38 heavy (non-hydrogen) atoms. The van der Waals surface area contributed by atoms with E-state index in [1.54, 1.807) is 45.3 Å². The third-order valence-electron chi connectivity index (χ3n) is 6.25. The number of ketones is 1. The maximum atomic E-state index is 13.3. The van der Waals surface area contributed by atoms with Gasteiger partial charge in [-0.05, 0) is 47.7 Å². The monoisotopic (exact) mass is 534 g/mol. The van der Waals surface area contributed by atoms with Gasteiger partial charge in [0.2, 0.25) is 5.13 Å². The van der Waals surface area contributed by atoms with Crippen molar-refractivity contribution in [3.8, 4) is 5.75 Å². The van der Waals surface area contributed by atoms with Gasteiger partial charge in [0.1, 0.15) is 16.5 Å². The maximum absolute atomic E-state index is 13.3. The molecule has 1 atom stereocenters. The van der Waals surface area contributed by atoms with Gasteiger partial charge in [-0.1, -0.05) is 56.4 Å². The van der Waals surface area contributed by atoms with E-state index in [1.807, 2.05) is 24.3 Å². The van der Waals surface area contributed by atoms with Crippen LogP contribution in [-0.2, 0) is 19.8 Å². The van der Waals surface area contributed by atoms with Gasteiger partial charge >= 0.3 is 5.91 Å². The molecule has 9 nitrogen and oxygen atoms in total. The van der Waals surface area contributed by atoms with Gasteiger partial charge < -0.3 is 14.7 Å². The minimum absolute atomic E-state index is 0.0391. The zero-order valence-corrected chi connectivity index (χ0v) is 23.0. The average Bonchev–Trinajstić information content (AvgIpc) is 3.42. The molecule has 2 aromatic carbocycles. The summed E-state index contributed by atoms with van der Waals surface area (Å²) in [5.74, 6) is -1.67. The summed E-state index contributed by atoms with van der Waals surface area (Å²) in [5, 5.41) is 20.4. The molecule has 198 valence electrons. The van der Waals surface area contributed by atoms with Crippen molar-refractivity contribution in [2.24, 2.45) is 0 Å². The summed E-state index contributed by atoms with van der Waals surface area (Å²) >= 11 is 1.20. The topological polar surface area (TPSA) is 113 Å². The number of carbonyl (C=O) groups is 3. The number of carbonyl (C=O) groups excluding carboxylic acids is 3. The van der Waals surface area contributed by atoms with Gasteiger partial charge in [-0.2, -0.15) is 0 Å². The van der Waals surface area contributed by atoms with Crippen LogP contribution < -0.4 is 9.64 Å². The molecule has 4 rings (SSSR count). The Hall–Kier alpha value is -4.05. The number of anilines is 1. The second-order valence-corrected chi connectivity index (χ2v) is 11.4. The predicted octanol–water partition coefficient (Wildman–Crippen LogP) is 4.24. The average molecular weight is 535 g/mol. The summed E-state index contributed by atoms with van der Waals surface area (Å²) in [6.07, 6.45) is 0. The first kappa shape index (κ1) is 27.0. The van der Waals surface area contributed by atoms with Crippen molar-refractivity contribution in [3.63, 3.8) is 0 Å². The zero-order valence-electron chi connectivity index (χ0n) is 22.2. The third-order valence-corrected chi connectivity index (χ3v) is 7.09. The summed E-state index contributed by atoms with van der Waals surface area (Å²) in [7, 11) is 3.27. The van der Waals surface area contributed by atoms with E-state index in [0.29, 0.717) is 21.9 Å². The number of Topliss-reactive ketones (excluding diaryl/α,β-unsaturated/α-hetero) is 1. The zero-order chi connectivity index (χ0) is 27.8. The summed E-state index contributed by atoms with van der Waals surface area (Å²) in [6.45, 7) is 7.93. The number of amides is 2. The van der Waals surface area contributed by atoms with Crippen molar-refractivity contribution in [3.05, 3.63) is 75.8 Å². The number of nitrogens with zero attached hydrogens (tertiary/aromatic N) is 4. The summed E-state index contributed by atoms with van der Waals surface area (Å²) in [4.78, 5) is 41.1. The molecule has 1 aromatic heterocycles. The highest BCUT2D eigenvalue weighted by atomic mass is 32.1. The Labute approximate surface area is 225 Å². The molecule has 1 aliphatic rings. The standard InChI is InChI=1S/C28H30N4O5S/c1-16-29-30-27(38-16)32-23(17-7-11-19(12-8-17)28(2,3)4)22(25(35)26(32)36)24(34)18-9-13-20(14-10-18)37-15-21(33)31(5)6/h7-14,23,34H,15H2,1-6H3. The molecule has 1 N–H and O–H groups in total. The van der Waals surface area contributed by atoms with Gasteiger partial charge in [-0.25, -0.2) is 0 Å². The highest BCUT2D eigenvalue weighted by Gasteiger charge is 2.48. The summed E-state index contributed by atoms with van der Waals surface area (Å²) in [6, 6.07) is 13.1. The minimum atomic E-state index is -0.884. The molecular weight excluding hydrogens is 504 g/mol. The first-order valence-corrected chi connectivity index (χ1v) is 12.8. The lowest BCUT2D eigenvalue weighted by molar-refractivity contribution is -0.132. The number of aromatic nitrogens is 2.